The Kier molecular flexibility index (Phi) is 4.93. The number of aromatic nitrogens is 1. The van der Waals surface area contributed by atoms with Crippen molar-refractivity contribution in [2.24, 2.45) is 0 Å². The lowest BCUT2D eigenvalue weighted by atomic mass is 10.1. The Morgan fingerprint density at radius 1 is 1.07 bits per heavy atom. The molecule has 0 saturated carbocycles. The molecule has 3 heterocycles. The molecule has 0 spiro atoms. The molecule has 0 bridgehead atoms. The van der Waals surface area contributed by atoms with Gasteiger partial charge in [0.1, 0.15) is 12.4 Å². The molecule has 8 nitrogen and oxygen atoms in total. The van der Waals surface area contributed by atoms with Gasteiger partial charge < -0.3 is 23.8 Å². The quantitative estimate of drug-likeness (QED) is 0.793. The van der Waals surface area contributed by atoms with Gasteiger partial charge in [0.15, 0.2) is 11.5 Å². The number of nitrogens with zero attached hydrogens (tertiary/aromatic N) is 3. The fourth-order valence-electron chi connectivity index (χ4n) is 3.54. The summed E-state index contributed by atoms with van der Waals surface area (Å²) < 4.78 is 16.6. The molecule has 2 amide bonds. The van der Waals surface area contributed by atoms with Gasteiger partial charge in [0, 0.05) is 31.7 Å². The Morgan fingerprint density at radius 2 is 1.75 bits per heavy atom. The van der Waals surface area contributed by atoms with E-state index in [1.165, 1.54) is 0 Å². The van der Waals surface area contributed by atoms with Gasteiger partial charge in [-0.25, -0.2) is 0 Å². The molecule has 0 unspecified atom stereocenters. The van der Waals surface area contributed by atoms with E-state index in [0.29, 0.717) is 43.4 Å². The molecule has 0 N–H and O–H groups in total. The predicted molar refractivity (Wildman–Crippen MR) is 99.2 cm³/mol. The fourth-order valence-corrected chi connectivity index (χ4v) is 3.54. The van der Waals surface area contributed by atoms with Crippen LogP contribution in [0, 0.1) is 13.8 Å². The first-order chi connectivity index (χ1) is 13.5. The summed E-state index contributed by atoms with van der Waals surface area (Å²) in [4.78, 5) is 28.9. The second kappa shape index (κ2) is 7.53. The number of benzene rings is 1. The lowest BCUT2D eigenvalue weighted by Gasteiger charge is -2.37. The van der Waals surface area contributed by atoms with E-state index >= 15 is 0 Å². The Labute approximate surface area is 163 Å². The van der Waals surface area contributed by atoms with Crippen LogP contribution in [0.1, 0.15) is 17.0 Å². The van der Waals surface area contributed by atoms with E-state index in [-0.39, 0.29) is 24.8 Å². The molecule has 0 radical (unpaired) electrons. The number of carbonyl (C=O) groups is 2. The van der Waals surface area contributed by atoms with Crippen molar-refractivity contribution in [3.8, 4) is 11.5 Å². The smallest absolute Gasteiger partial charge is 0.267 e. The molecule has 1 fully saturated rings. The zero-order valence-electron chi connectivity index (χ0n) is 16.0. The molecule has 1 atom stereocenters. The van der Waals surface area contributed by atoms with Gasteiger partial charge in [-0.2, -0.15) is 0 Å². The van der Waals surface area contributed by atoms with Gasteiger partial charge in [0.2, 0.25) is 12.0 Å². The van der Waals surface area contributed by atoms with Gasteiger partial charge in [-0.15, -0.1) is 0 Å². The lowest BCUT2D eigenvalue weighted by molar-refractivity contribution is -0.146. The van der Waals surface area contributed by atoms with Crippen molar-refractivity contribution in [3.05, 3.63) is 41.3 Å². The summed E-state index contributed by atoms with van der Waals surface area (Å²) in [6.45, 7) is 5.79. The van der Waals surface area contributed by atoms with Gasteiger partial charge in [-0.05, 0) is 26.0 Å². The van der Waals surface area contributed by atoms with Crippen LogP contribution in [0.15, 0.2) is 28.8 Å². The van der Waals surface area contributed by atoms with Crippen LogP contribution in [0.4, 0.5) is 0 Å². The molecule has 1 aromatic heterocycles. The second-order valence-electron chi connectivity index (χ2n) is 7.05. The van der Waals surface area contributed by atoms with Crippen molar-refractivity contribution >= 4 is 11.8 Å². The SMILES string of the molecule is Cc1noc(C)c1CC(=O)N1CCN(C(=O)[C@@H]2COc3ccccc3O2)CC1. The number of fused-ring (bicyclic) bond motifs is 1. The number of amides is 2. The summed E-state index contributed by atoms with van der Waals surface area (Å²) >= 11 is 0. The number of para-hydroxylation sites is 2. The number of carbonyl (C=O) groups excluding carboxylic acids is 2. The third kappa shape index (κ3) is 3.54. The Bertz CT molecular complexity index is 866. The maximum atomic E-state index is 12.8. The van der Waals surface area contributed by atoms with Crippen molar-refractivity contribution in [2.75, 3.05) is 32.8 Å². The van der Waals surface area contributed by atoms with Crippen LogP contribution in [0.5, 0.6) is 11.5 Å². The maximum absolute atomic E-state index is 12.8. The average Bonchev–Trinajstić information content (AvgIpc) is 3.05. The van der Waals surface area contributed by atoms with Gasteiger partial charge in [0.05, 0.1) is 12.1 Å². The molecule has 1 saturated heterocycles. The van der Waals surface area contributed by atoms with Gasteiger partial charge in [-0.3, -0.25) is 9.59 Å². The van der Waals surface area contributed by atoms with Crippen molar-refractivity contribution in [3.63, 3.8) is 0 Å². The van der Waals surface area contributed by atoms with Crippen molar-refractivity contribution < 1.29 is 23.6 Å². The molecular formula is C20H23N3O5. The van der Waals surface area contributed by atoms with Crippen molar-refractivity contribution in [1.29, 1.82) is 0 Å². The highest BCUT2D eigenvalue weighted by molar-refractivity contribution is 5.83. The fraction of sp³-hybridized carbons (Fsp3) is 0.450. The zero-order chi connectivity index (χ0) is 19.7. The normalized spacial score (nSPS) is 18.9. The van der Waals surface area contributed by atoms with E-state index in [9.17, 15) is 9.59 Å². The minimum absolute atomic E-state index is 0.0210. The third-order valence-electron chi connectivity index (χ3n) is 5.24. The number of aryl methyl sites for hydroxylation is 2. The van der Waals surface area contributed by atoms with Crippen molar-refractivity contribution in [2.45, 2.75) is 26.4 Å². The van der Waals surface area contributed by atoms with E-state index in [1.54, 1.807) is 15.9 Å². The van der Waals surface area contributed by atoms with E-state index in [2.05, 4.69) is 5.16 Å². The molecule has 0 aliphatic carbocycles. The molecule has 148 valence electrons. The first kappa shape index (κ1) is 18.3. The second-order valence-corrected chi connectivity index (χ2v) is 7.05. The molecule has 4 rings (SSSR count). The Hall–Kier alpha value is -3.03. The van der Waals surface area contributed by atoms with Crippen LogP contribution in [0.2, 0.25) is 0 Å². The van der Waals surface area contributed by atoms with Crippen LogP contribution in [0.3, 0.4) is 0 Å². The summed E-state index contributed by atoms with van der Waals surface area (Å²) in [6, 6.07) is 7.32. The van der Waals surface area contributed by atoms with Gasteiger partial charge >= 0.3 is 0 Å². The highest BCUT2D eigenvalue weighted by Gasteiger charge is 2.33. The topological polar surface area (TPSA) is 85.1 Å². The monoisotopic (exact) mass is 385 g/mol. The molecule has 8 heteroatoms. The summed E-state index contributed by atoms with van der Waals surface area (Å²) in [6.07, 6.45) is -0.384. The molecule has 2 aliphatic heterocycles. The molecule has 2 aromatic rings. The molecular weight excluding hydrogens is 362 g/mol. The molecule has 28 heavy (non-hydrogen) atoms. The van der Waals surface area contributed by atoms with Gasteiger partial charge in [-0.1, -0.05) is 17.3 Å². The van der Waals surface area contributed by atoms with E-state index in [0.717, 1.165) is 11.3 Å². The van der Waals surface area contributed by atoms with Crippen LogP contribution in [0.25, 0.3) is 0 Å². The summed E-state index contributed by atoms with van der Waals surface area (Å²) in [7, 11) is 0. The number of piperazine rings is 1. The van der Waals surface area contributed by atoms with E-state index in [4.69, 9.17) is 14.0 Å². The standard InChI is InChI=1S/C20H23N3O5/c1-13-15(14(2)28-21-13)11-19(24)22-7-9-23(10-8-22)20(25)18-12-26-16-5-3-4-6-17(16)27-18/h3-6,18H,7-12H2,1-2H3/t18-/m0/s1. The highest BCUT2D eigenvalue weighted by Crippen LogP contribution is 2.31. The molecule has 2 aliphatic rings. The Morgan fingerprint density at radius 3 is 2.43 bits per heavy atom. The first-order valence-corrected chi connectivity index (χ1v) is 9.39. The summed E-state index contributed by atoms with van der Waals surface area (Å²) in [5, 5.41) is 3.89. The number of rotatable bonds is 3. The number of ether oxygens (including phenoxy) is 2. The van der Waals surface area contributed by atoms with E-state index < -0.39 is 6.10 Å². The lowest BCUT2D eigenvalue weighted by Crippen LogP contribution is -2.55. The zero-order valence-corrected chi connectivity index (χ0v) is 16.0. The highest BCUT2D eigenvalue weighted by atomic mass is 16.6. The van der Waals surface area contributed by atoms with E-state index in [1.807, 2.05) is 32.0 Å². The number of hydrogen-bond donors (Lipinski definition) is 0. The minimum Gasteiger partial charge on any atom is -0.485 e. The summed E-state index contributed by atoms with van der Waals surface area (Å²) in [5.74, 6) is 1.83. The third-order valence-corrected chi connectivity index (χ3v) is 5.24. The number of hydrogen-bond acceptors (Lipinski definition) is 6. The maximum Gasteiger partial charge on any atom is 0.267 e. The first-order valence-electron chi connectivity index (χ1n) is 9.39. The van der Waals surface area contributed by atoms with Crippen molar-refractivity contribution in [1.82, 2.24) is 15.0 Å². The average molecular weight is 385 g/mol. The molecule has 1 aromatic carbocycles. The predicted octanol–water partition coefficient (Wildman–Crippen LogP) is 1.34. The van der Waals surface area contributed by atoms with Crippen LogP contribution in [-0.2, 0) is 16.0 Å². The summed E-state index contributed by atoms with van der Waals surface area (Å²) in [5.41, 5.74) is 1.59. The minimum atomic E-state index is -0.653. The Balaban J connectivity index is 1.32. The van der Waals surface area contributed by atoms with Crippen LogP contribution < -0.4 is 9.47 Å². The van der Waals surface area contributed by atoms with Crippen LogP contribution >= 0.6 is 0 Å². The van der Waals surface area contributed by atoms with Crippen LogP contribution in [-0.4, -0.2) is 65.7 Å². The largest absolute Gasteiger partial charge is 0.485 e. The van der Waals surface area contributed by atoms with Gasteiger partial charge in [0.25, 0.3) is 5.91 Å².